The van der Waals surface area contributed by atoms with Gasteiger partial charge in [-0.25, -0.2) is 13.1 Å². The Morgan fingerprint density at radius 1 is 1.04 bits per heavy atom. The highest BCUT2D eigenvalue weighted by Gasteiger charge is 2.24. The van der Waals surface area contributed by atoms with Crippen molar-refractivity contribution in [1.82, 2.24) is 10.0 Å². The predicted molar refractivity (Wildman–Crippen MR) is 106 cm³/mol. The molecule has 6 heteroatoms. The molecule has 5 nitrogen and oxygen atoms in total. The van der Waals surface area contributed by atoms with E-state index in [-0.39, 0.29) is 23.4 Å². The van der Waals surface area contributed by atoms with Gasteiger partial charge in [0, 0.05) is 18.2 Å². The summed E-state index contributed by atoms with van der Waals surface area (Å²) in [5.74, 6) is 0.232. The van der Waals surface area contributed by atoms with E-state index in [2.05, 4.69) is 17.0 Å². The lowest BCUT2D eigenvalue weighted by Gasteiger charge is -2.29. The first-order valence-electron chi connectivity index (χ1n) is 9.40. The van der Waals surface area contributed by atoms with Crippen molar-refractivity contribution < 1.29 is 13.2 Å². The molecule has 0 saturated heterocycles. The van der Waals surface area contributed by atoms with E-state index in [1.807, 2.05) is 30.3 Å². The smallest absolute Gasteiger partial charge is 0.251 e. The van der Waals surface area contributed by atoms with Gasteiger partial charge in [0.1, 0.15) is 0 Å². The van der Waals surface area contributed by atoms with Crippen molar-refractivity contribution in [1.29, 1.82) is 0 Å². The van der Waals surface area contributed by atoms with Gasteiger partial charge >= 0.3 is 0 Å². The number of rotatable bonds is 6. The molecule has 1 fully saturated rings. The van der Waals surface area contributed by atoms with Crippen LogP contribution in [0.5, 0.6) is 0 Å². The van der Waals surface area contributed by atoms with E-state index in [0.717, 1.165) is 24.8 Å². The van der Waals surface area contributed by atoms with Crippen LogP contribution in [0.4, 0.5) is 0 Å². The summed E-state index contributed by atoms with van der Waals surface area (Å²) in [5, 5.41) is 3.07. The number of hydrogen-bond acceptors (Lipinski definition) is 3. The Bertz CT molecular complexity index is 881. The quantitative estimate of drug-likeness (QED) is 0.798. The van der Waals surface area contributed by atoms with Crippen molar-refractivity contribution >= 4 is 15.9 Å². The number of benzene rings is 2. The van der Waals surface area contributed by atoms with Gasteiger partial charge in [0.15, 0.2) is 0 Å². The van der Waals surface area contributed by atoms with Gasteiger partial charge in [-0.15, -0.1) is 0 Å². The van der Waals surface area contributed by atoms with Gasteiger partial charge in [-0.3, -0.25) is 4.79 Å². The molecule has 1 aliphatic carbocycles. The molecule has 0 unspecified atom stereocenters. The molecule has 2 N–H and O–H groups in total. The topological polar surface area (TPSA) is 75.3 Å². The van der Waals surface area contributed by atoms with Crippen molar-refractivity contribution in [3.63, 3.8) is 0 Å². The minimum Gasteiger partial charge on any atom is -0.349 e. The molecule has 2 aromatic rings. The summed E-state index contributed by atoms with van der Waals surface area (Å²) in [6, 6.07) is 15.7. The van der Waals surface area contributed by atoms with Crippen LogP contribution in [0.1, 0.15) is 48.5 Å². The molecule has 1 saturated carbocycles. The van der Waals surface area contributed by atoms with Crippen LogP contribution >= 0.6 is 0 Å². The van der Waals surface area contributed by atoms with Crippen LogP contribution in [0.3, 0.4) is 0 Å². The molecule has 2 aromatic carbocycles. The summed E-state index contributed by atoms with van der Waals surface area (Å²) in [5.41, 5.74) is 1.25. The minimum absolute atomic E-state index is 0.0998. The first-order chi connectivity index (χ1) is 13.0. The van der Waals surface area contributed by atoms with E-state index in [1.54, 1.807) is 12.1 Å². The SMILES string of the molecule is C[C@H]1CCCC[C@@H]1NC(=O)c1cccc(S(=O)(=O)NCc2ccccc2)c1. The Hall–Kier alpha value is -2.18. The molecular formula is C21H26N2O3S. The standard InChI is InChI=1S/C21H26N2O3S/c1-16-8-5-6-13-20(16)23-21(24)18-11-7-12-19(14-18)27(25,26)22-15-17-9-3-2-4-10-17/h2-4,7,9-12,14,16,20,22H,5-6,8,13,15H2,1H3,(H,23,24)/t16-,20-/m0/s1. The third kappa shape index (κ3) is 5.17. The Morgan fingerprint density at radius 2 is 1.78 bits per heavy atom. The maximum atomic E-state index is 12.6. The number of nitrogens with one attached hydrogen (secondary N) is 2. The first-order valence-corrected chi connectivity index (χ1v) is 10.9. The fourth-order valence-corrected chi connectivity index (χ4v) is 4.51. The molecule has 0 bridgehead atoms. The van der Waals surface area contributed by atoms with Crippen LogP contribution in [0, 0.1) is 5.92 Å². The molecule has 0 aromatic heterocycles. The van der Waals surface area contributed by atoms with Crippen molar-refractivity contribution in [2.45, 2.75) is 50.1 Å². The summed E-state index contributed by atoms with van der Waals surface area (Å²) in [6.45, 7) is 2.36. The Morgan fingerprint density at radius 3 is 2.52 bits per heavy atom. The maximum Gasteiger partial charge on any atom is 0.251 e. The molecule has 0 heterocycles. The maximum absolute atomic E-state index is 12.6. The van der Waals surface area contributed by atoms with Gasteiger partial charge < -0.3 is 5.32 Å². The average molecular weight is 387 g/mol. The highest BCUT2D eigenvalue weighted by molar-refractivity contribution is 7.89. The Labute approximate surface area is 161 Å². The molecular weight excluding hydrogens is 360 g/mol. The third-order valence-corrected chi connectivity index (χ3v) is 6.54. The van der Waals surface area contributed by atoms with E-state index in [9.17, 15) is 13.2 Å². The zero-order chi connectivity index (χ0) is 19.3. The van der Waals surface area contributed by atoms with E-state index in [1.165, 1.54) is 18.6 Å². The lowest BCUT2D eigenvalue weighted by molar-refractivity contribution is 0.0910. The van der Waals surface area contributed by atoms with Gasteiger partial charge in [-0.05, 0) is 42.5 Å². The second-order valence-electron chi connectivity index (χ2n) is 7.18. The van der Waals surface area contributed by atoms with E-state index in [4.69, 9.17) is 0 Å². The predicted octanol–water partition coefficient (Wildman–Crippen LogP) is 3.47. The number of sulfonamides is 1. The van der Waals surface area contributed by atoms with Crippen LogP contribution in [0.2, 0.25) is 0 Å². The second-order valence-corrected chi connectivity index (χ2v) is 8.95. The molecule has 0 radical (unpaired) electrons. The summed E-state index contributed by atoms with van der Waals surface area (Å²) in [4.78, 5) is 12.7. The highest BCUT2D eigenvalue weighted by atomic mass is 32.2. The lowest BCUT2D eigenvalue weighted by atomic mass is 9.86. The summed E-state index contributed by atoms with van der Waals surface area (Å²) in [7, 11) is -3.69. The van der Waals surface area contributed by atoms with Crippen molar-refractivity contribution in [2.75, 3.05) is 0 Å². The van der Waals surface area contributed by atoms with Crippen molar-refractivity contribution in [2.24, 2.45) is 5.92 Å². The Kier molecular flexibility index (Phi) is 6.29. The molecule has 0 aliphatic heterocycles. The highest BCUT2D eigenvalue weighted by Crippen LogP contribution is 2.24. The third-order valence-electron chi connectivity index (χ3n) is 5.14. The minimum atomic E-state index is -3.69. The number of hydrogen-bond donors (Lipinski definition) is 2. The van der Waals surface area contributed by atoms with Crippen LogP contribution in [0.25, 0.3) is 0 Å². The second kappa shape index (κ2) is 8.67. The fourth-order valence-electron chi connectivity index (χ4n) is 3.44. The van der Waals surface area contributed by atoms with Crippen LogP contribution in [0.15, 0.2) is 59.5 Å². The van der Waals surface area contributed by atoms with E-state index in [0.29, 0.717) is 11.5 Å². The first kappa shape index (κ1) is 19.6. The van der Waals surface area contributed by atoms with Gasteiger partial charge in [-0.2, -0.15) is 0 Å². The van der Waals surface area contributed by atoms with Crippen LogP contribution < -0.4 is 10.0 Å². The van der Waals surface area contributed by atoms with Crippen molar-refractivity contribution in [3.8, 4) is 0 Å². The van der Waals surface area contributed by atoms with Gasteiger partial charge in [0.2, 0.25) is 10.0 Å². The molecule has 144 valence electrons. The number of carbonyl (C=O) groups is 1. The molecule has 27 heavy (non-hydrogen) atoms. The number of carbonyl (C=O) groups excluding carboxylic acids is 1. The molecule has 2 atom stereocenters. The monoisotopic (exact) mass is 386 g/mol. The largest absolute Gasteiger partial charge is 0.349 e. The number of amides is 1. The Balaban J connectivity index is 1.69. The molecule has 1 amide bonds. The average Bonchev–Trinajstić information content (AvgIpc) is 2.69. The normalized spacial score (nSPS) is 20.2. The molecule has 0 spiro atoms. The lowest BCUT2D eigenvalue weighted by Crippen LogP contribution is -2.41. The van der Waals surface area contributed by atoms with Gasteiger partial charge in [-0.1, -0.05) is 56.2 Å². The van der Waals surface area contributed by atoms with Crippen molar-refractivity contribution in [3.05, 3.63) is 65.7 Å². The van der Waals surface area contributed by atoms with Gasteiger partial charge in [0.05, 0.1) is 4.90 Å². The summed E-state index contributed by atoms with van der Waals surface area (Å²) >= 11 is 0. The molecule has 1 aliphatic rings. The van der Waals surface area contributed by atoms with E-state index >= 15 is 0 Å². The van der Waals surface area contributed by atoms with E-state index < -0.39 is 10.0 Å². The summed E-state index contributed by atoms with van der Waals surface area (Å²) < 4.78 is 27.7. The fraction of sp³-hybridized carbons (Fsp3) is 0.381. The van der Waals surface area contributed by atoms with Gasteiger partial charge in [0.25, 0.3) is 5.91 Å². The van der Waals surface area contributed by atoms with Crippen LogP contribution in [-0.2, 0) is 16.6 Å². The zero-order valence-corrected chi connectivity index (χ0v) is 16.3. The summed E-state index contributed by atoms with van der Waals surface area (Å²) in [6.07, 6.45) is 4.41. The molecule has 3 rings (SSSR count). The zero-order valence-electron chi connectivity index (χ0n) is 15.5. The van der Waals surface area contributed by atoms with Crippen LogP contribution in [-0.4, -0.2) is 20.4 Å².